The van der Waals surface area contributed by atoms with Crippen LogP contribution >= 0.6 is 0 Å². The summed E-state index contributed by atoms with van der Waals surface area (Å²) in [5.41, 5.74) is 6.59. The first kappa shape index (κ1) is 25.4. The molecule has 0 unspecified atom stereocenters. The number of benzene rings is 2. The fourth-order valence-electron chi connectivity index (χ4n) is 6.02. The van der Waals surface area contributed by atoms with Gasteiger partial charge in [-0.1, -0.05) is 24.3 Å². The molecule has 1 aromatic heterocycles. The van der Waals surface area contributed by atoms with Gasteiger partial charge in [-0.2, -0.15) is 0 Å². The summed E-state index contributed by atoms with van der Waals surface area (Å²) in [7, 11) is -0.362. The van der Waals surface area contributed by atoms with E-state index in [1.807, 2.05) is 12.1 Å². The second kappa shape index (κ2) is 10.4. The smallest absolute Gasteiger partial charge is 0.242 e. The molecule has 3 aromatic rings. The lowest BCUT2D eigenvalue weighted by Gasteiger charge is -2.39. The zero-order valence-electron chi connectivity index (χ0n) is 22.1. The monoisotopic (exact) mass is 533 g/mol. The second-order valence-electron chi connectivity index (χ2n) is 10.7. The van der Waals surface area contributed by atoms with E-state index in [4.69, 9.17) is 4.74 Å². The molecule has 3 aliphatic rings. The van der Waals surface area contributed by atoms with E-state index in [0.717, 1.165) is 79.3 Å². The molecule has 2 aliphatic carbocycles. The second-order valence-corrected chi connectivity index (χ2v) is 12.9. The van der Waals surface area contributed by atoms with Crippen molar-refractivity contribution in [2.75, 3.05) is 45.7 Å². The van der Waals surface area contributed by atoms with Crippen molar-refractivity contribution >= 4 is 15.8 Å². The maximum atomic E-state index is 12.5. The van der Waals surface area contributed by atoms with Crippen molar-refractivity contribution in [3.8, 4) is 22.3 Å². The standard InChI is InChI=1S/C29H35N5O3S/c1-33(2)38(35,36)25-11-5-20(6-12-25)21-3-4-22-18-27-28(26(22)17-21)29(31-19-30-27)32-23-7-9-24(10-8-23)34-13-15-37-16-14-34/h3-6,11-12,17,19,23-24H,7-10,13-16,18H2,1-2H3,(H,30,31,32). The van der Waals surface area contributed by atoms with Crippen LogP contribution in [0.5, 0.6) is 0 Å². The number of sulfonamides is 1. The molecule has 1 saturated carbocycles. The molecule has 2 aromatic carbocycles. The number of hydrogen-bond donors (Lipinski definition) is 1. The quantitative estimate of drug-likeness (QED) is 0.401. The third-order valence-corrected chi connectivity index (χ3v) is 10.1. The van der Waals surface area contributed by atoms with Crippen LogP contribution < -0.4 is 5.32 Å². The van der Waals surface area contributed by atoms with Gasteiger partial charge in [0.25, 0.3) is 0 Å². The maximum absolute atomic E-state index is 12.5. The largest absolute Gasteiger partial charge is 0.379 e. The third kappa shape index (κ3) is 4.84. The summed E-state index contributed by atoms with van der Waals surface area (Å²) in [6.07, 6.45) is 7.14. The number of hydrogen-bond acceptors (Lipinski definition) is 7. The van der Waals surface area contributed by atoms with Gasteiger partial charge in [-0.15, -0.1) is 0 Å². The molecular formula is C29H35N5O3S. The molecule has 38 heavy (non-hydrogen) atoms. The number of morpholine rings is 1. The van der Waals surface area contributed by atoms with Crippen molar-refractivity contribution < 1.29 is 13.2 Å². The van der Waals surface area contributed by atoms with Crippen molar-refractivity contribution in [1.82, 2.24) is 19.2 Å². The van der Waals surface area contributed by atoms with Crippen LogP contribution in [0.4, 0.5) is 5.82 Å². The van der Waals surface area contributed by atoms with E-state index in [2.05, 4.69) is 38.4 Å². The van der Waals surface area contributed by atoms with Crippen molar-refractivity contribution in [1.29, 1.82) is 0 Å². The molecule has 0 atom stereocenters. The molecule has 9 heteroatoms. The summed E-state index contributed by atoms with van der Waals surface area (Å²) in [5.74, 6) is 0.924. The van der Waals surface area contributed by atoms with Gasteiger partial charge in [0.1, 0.15) is 12.1 Å². The lowest BCUT2D eigenvalue weighted by molar-refractivity contribution is 0.00791. The highest BCUT2D eigenvalue weighted by Crippen LogP contribution is 2.42. The summed E-state index contributed by atoms with van der Waals surface area (Å²) in [6, 6.07) is 14.6. The molecule has 200 valence electrons. The van der Waals surface area contributed by atoms with Crippen LogP contribution in [-0.2, 0) is 21.2 Å². The number of anilines is 1. The Morgan fingerprint density at radius 2 is 1.66 bits per heavy atom. The Labute approximate surface area is 225 Å². The fraction of sp³-hybridized carbons (Fsp3) is 0.448. The molecule has 0 radical (unpaired) electrons. The summed E-state index contributed by atoms with van der Waals surface area (Å²) in [5, 5.41) is 3.77. The Morgan fingerprint density at radius 1 is 0.947 bits per heavy atom. The van der Waals surface area contributed by atoms with E-state index in [9.17, 15) is 8.42 Å². The van der Waals surface area contributed by atoms with Crippen LogP contribution in [0, 0.1) is 0 Å². The molecule has 6 rings (SSSR count). The third-order valence-electron chi connectivity index (χ3n) is 8.23. The Balaban J connectivity index is 1.21. The molecule has 2 fully saturated rings. The normalized spacial score (nSPS) is 21.8. The summed E-state index contributed by atoms with van der Waals surface area (Å²) < 4.78 is 31.7. The molecule has 0 amide bonds. The predicted molar refractivity (Wildman–Crippen MR) is 149 cm³/mol. The molecular weight excluding hydrogens is 498 g/mol. The zero-order chi connectivity index (χ0) is 26.3. The van der Waals surface area contributed by atoms with Gasteiger partial charge in [0.05, 0.1) is 23.8 Å². The van der Waals surface area contributed by atoms with E-state index in [0.29, 0.717) is 17.0 Å². The van der Waals surface area contributed by atoms with Gasteiger partial charge in [-0.25, -0.2) is 22.7 Å². The van der Waals surface area contributed by atoms with Gasteiger partial charge in [0.15, 0.2) is 0 Å². The van der Waals surface area contributed by atoms with Gasteiger partial charge in [0, 0.05) is 51.3 Å². The van der Waals surface area contributed by atoms with Gasteiger partial charge in [-0.05, 0) is 66.1 Å². The van der Waals surface area contributed by atoms with Crippen molar-refractivity contribution in [3.63, 3.8) is 0 Å². The van der Waals surface area contributed by atoms with E-state index in [1.54, 1.807) is 32.6 Å². The number of rotatable bonds is 6. The van der Waals surface area contributed by atoms with Crippen LogP contribution in [0.3, 0.4) is 0 Å². The fourth-order valence-corrected chi connectivity index (χ4v) is 6.92. The Kier molecular flexibility index (Phi) is 6.94. The van der Waals surface area contributed by atoms with Crippen molar-refractivity contribution in [3.05, 3.63) is 60.0 Å². The number of nitrogens with zero attached hydrogens (tertiary/aromatic N) is 4. The van der Waals surface area contributed by atoms with E-state index in [1.165, 1.54) is 22.7 Å². The maximum Gasteiger partial charge on any atom is 0.242 e. The topological polar surface area (TPSA) is 87.7 Å². The first-order valence-electron chi connectivity index (χ1n) is 13.5. The average molecular weight is 534 g/mol. The first-order valence-corrected chi connectivity index (χ1v) is 14.9. The zero-order valence-corrected chi connectivity index (χ0v) is 22.9. The Morgan fingerprint density at radius 3 is 2.37 bits per heavy atom. The average Bonchev–Trinajstić information content (AvgIpc) is 3.33. The van der Waals surface area contributed by atoms with Crippen LogP contribution in [0.1, 0.15) is 36.9 Å². The number of aromatic nitrogens is 2. The van der Waals surface area contributed by atoms with Crippen LogP contribution in [0.15, 0.2) is 53.7 Å². The number of nitrogens with one attached hydrogen (secondary N) is 1. The lowest BCUT2D eigenvalue weighted by atomic mass is 9.89. The Hall–Kier alpha value is -2.85. The lowest BCUT2D eigenvalue weighted by Crippen LogP contribution is -2.46. The first-order chi connectivity index (χ1) is 18.4. The van der Waals surface area contributed by atoms with Crippen LogP contribution in [0.25, 0.3) is 22.3 Å². The van der Waals surface area contributed by atoms with E-state index in [-0.39, 0.29) is 0 Å². The van der Waals surface area contributed by atoms with Gasteiger partial charge in [-0.3, -0.25) is 4.90 Å². The summed E-state index contributed by atoms with van der Waals surface area (Å²) >= 11 is 0. The highest BCUT2D eigenvalue weighted by molar-refractivity contribution is 7.89. The molecule has 1 saturated heterocycles. The Bertz CT molecular complexity index is 1410. The number of fused-ring (bicyclic) bond motifs is 3. The minimum atomic E-state index is -3.45. The van der Waals surface area contributed by atoms with Crippen molar-refractivity contribution in [2.45, 2.75) is 49.1 Å². The van der Waals surface area contributed by atoms with Crippen molar-refractivity contribution in [2.24, 2.45) is 0 Å². The molecule has 0 spiro atoms. The van der Waals surface area contributed by atoms with Crippen LogP contribution in [0.2, 0.25) is 0 Å². The molecule has 1 aliphatic heterocycles. The van der Waals surface area contributed by atoms with E-state index < -0.39 is 10.0 Å². The van der Waals surface area contributed by atoms with Crippen LogP contribution in [-0.4, -0.2) is 80.1 Å². The highest BCUT2D eigenvalue weighted by Gasteiger charge is 2.29. The minimum Gasteiger partial charge on any atom is -0.379 e. The highest BCUT2D eigenvalue weighted by atomic mass is 32.2. The van der Waals surface area contributed by atoms with E-state index >= 15 is 0 Å². The summed E-state index contributed by atoms with van der Waals surface area (Å²) in [4.78, 5) is 12.2. The minimum absolute atomic E-state index is 0.293. The number of ether oxygens (including phenoxy) is 1. The molecule has 0 bridgehead atoms. The van der Waals surface area contributed by atoms with Gasteiger partial charge < -0.3 is 10.1 Å². The van der Waals surface area contributed by atoms with Gasteiger partial charge >= 0.3 is 0 Å². The predicted octanol–water partition coefficient (Wildman–Crippen LogP) is 4.02. The summed E-state index contributed by atoms with van der Waals surface area (Å²) in [6.45, 7) is 3.81. The molecule has 2 heterocycles. The van der Waals surface area contributed by atoms with Gasteiger partial charge in [0.2, 0.25) is 10.0 Å². The molecule has 8 nitrogen and oxygen atoms in total. The molecule has 1 N–H and O–H groups in total. The SMILES string of the molecule is CN(C)S(=O)(=O)c1ccc(-c2ccc3c(c2)-c2c(ncnc2NC2CCC(N4CCOCC4)CC2)C3)cc1.